The minimum atomic E-state index is -0.341. The Kier molecular flexibility index (Phi) is 7.61. The molecule has 2 heterocycles. The predicted molar refractivity (Wildman–Crippen MR) is 120 cm³/mol. The van der Waals surface area contributed by atoms with Gasteiger partial charge in [0.25, 0.3) is 0 Å². The first-order valence-corrected chi connectivity index (χ1v) is 11.3. The molecule has 3 rings (SSSR count). The Hall–Kier alpha value is -2.25. The van der Waals surface area contributed by atoms with E-state index in [9.17, 15) is 14.0 Å². The van der Waals surface area contributed by atoms with Crippen molar-refractivity contribution in [1.29, 1.82) is 0 Å². The van der Waals surface area contributed by atoms with E-state index in [1.807, 2.05) is 19.9 Å². The molecule has 7 heteroatoms. The topological polar surface area (TPSA) is 52.6 Å². The maximum atomic E-state index is 14.0. The van der Waals surface area contributed by atoms with Gasteiger partial charge in [-0.15, -0.1) is 11.3 Å². The monoisotopic (exact) mass is 431 g/mol. The number of amides is 1. The van der Waals surface area contributed by atoms with E-state index in [2.05, 4.69) is 22.0 Å². The number of halogens is 1. The van der Waals surface area contributed by atoms with E-state index in [0.29, 0.717) is 4.88 Å². The summed E-state index contributed by atoms with van der Waals surface area (Å²) in [5.41, 5.74) is 1.73. The van der Waals surface area contributed by atoms with Crippen molar-refractivity contribution >= 4 is 28.7 Å². The molecule has 30 heavy (non-hydrogen) atoms. The van der Waals surface area contributed by atoms with E-state index < -0.39 is 0 Å². The highest BCUT2D eigenvalue weighted by Crippen LogP contribution is 2.28. The molecule has 1 N–H and O–H groups in total. The summed E-state index contributed by atoms with van der Waals surface area (Å²) in [5, 5.41) is 2.94. The summed E-state index contributed by atoms with van der Waals surface area (Å²) >= 11 is 1.45. The number of aryl methyl sites for hydroxylation is 1. The second-order valence-electron chi connectivity index (χ2n) is 7.75. The van der Waals surface area contributed by atoms with Crippen molar-refractivity contribution in [2.45, 2.75) is 39.7 Å². The van der Waals surface area contributed by atoms with E-state index >= 15 is 0 Å². The molecule has 0 saturated carbocycles. The smallest absolute Gasteiger partial charge is 0.220 e. The van der Waals surface area contributed by atoms with Crippen LogP contribution >= 0.6 is 11.3 Å². The predicted octanol–water partition coefficient (Wildman–Crippen LogP) is 4.18. The Balaban J connectivity index is 1.61. The van der Waals surface area contributed by atoms with E-state index in [4.69, 9.17) is 0 Å². The van der Waals surface area contributed by atoms with Crippen molar-refractivity contribution in [3.05, 3.63) is 51.5 Å². The Labute approximate surface area is 181 Å². The molecule has 1 unspecified atom stereocenters. The molecule has 5 nitrogen and oxygen atoms in total. The molecule has 1 fully saturated rings. The molecule has 1 aromatic heterocycles. The van der Waals surface area contributed by atoms with Gasteiger partial charge in [-0.3, -0.25) is 9.59 Å². The fourth-order valence-electron chi connectivity index (χ4n) is 3.79. The Bertz CT molecular complexity index is 890. The molecule has 0 radical (unpaired) electrons. The van der Waals surface area contributed by atoms with Crippen LogP contribution in [0.5, 0.6) is 0 Å². The van der Waals surface area contributed by atoms with Gasteiger partial charge in [-0.05, 0) is 50.7 Å². The van der Waals surface area contributed by atoms with Gasteiger partial charge >= 0.3 is 0 Å². The van der Waals surface area contributed by atoms with Crippen LogP contribution in [0.15, 0.2) is 30.3 Å². The van der Waals surface area contributed by atoms with E-state index in [-0.39, 0.29) is 36.4 Å². The number of nitrogens with one attached hydrogen (secondary N) is 1. The zero-order chi connectivity index (χ0) is 21.7. The molecular weight excluding hydrogens is 401 g/mol. The van der Waals surface area contributed by atoms with Gasteiger partial charge in [0.2, 0.25) is 5.91 Å². The summed E-state index contributed by atoms with van der Waals surface area (Å²) in [6, 6.07) is 8.16. The molecule has 1 amide bonds. The van der Waals surface area contributed by atoms with Gasteiger partial charge in [0.15, 0.2) is 5.78 Å². The summed E-state index contributed by atoms with van der Waals surface area (Å²) in [6.45, 7) is 10.7. The van der Waals surface area contributed by atoms with Crippen LogP contribution in [0.3, 0.4) is 0 Å². The third kappa shape index (κ3) is 5.67. The third-order valence-electron chi connectivity index (χ3n) is 5.59. The lowest BCUT2D eigenvalue weighted by Gasteiger charge is -2.37. The highest BCUT2D eigenvalue weighted by molar-refractivity contribution is 7.14. The van der Waals surface area contributed by atoms with Crippen molar-refractivity contribution in [1.82, 2.24) is 10.2 Å². The number of piperazine rings is 1. The second kappa shape index (κ2) is 10.2. The number of nitrogens with zero attached hydrogens (tertiary/aromatic N) is 2. The van der Waals surface area contributed by atoms with Gasteiger partial charge in [0, 0.05) is 55.1 Å². The number of likely N-dealkylation sites (N-methyl/N-ethyl adjacent to an activating group) is 1. The first kappa shape index (κ1) is 22.4. The summed E-state index contributed by atoms with van der Waals surface area (Å²) < 4.78 is 14.0. The minimum Gasteiger partial charge on any atom is -0.369 e. The lowest BCUT2D eigenvalue weighted by Crippen LogP contribution is -2.46. The molecule has 1 aliphatic heterocycles. The first-order valence-electron chi connectivity index (χ1n) is 10.5. The average molecular weight is 432 g/mol. The summed E-state index contributed by atoms with van der Waals surface area (Å²) in [5.74, 6) is -0.531. The van der Waals surface area contributed by atoms with Gasteiger partial charge in [-0.1, -0.05) is 6.92 Å². The quantitative estimate of drug-likeness (QED) is 0.637. The van der Waals surface area contributed by atoms with Crippen LogP contribution in [0.1, 0.15) is 52.8 Å². The number of anilines is 1. The number of Topliss-reactive ketones (excluding diaryl/α,β-unsaturated/α-hetero) is 1. The molecule has 0 spiro atoms. The van der Waals surface area contributed by atoms with E-state index in [0.717, 1.165) is 48.9 Å². The number of hydrogen-bond donors (Lipinski definition) is 1. The van der Waals surface area contributed by atoms with Crippen LogP contribution in [-0.4, -0.2) is 49.3 Å². The molecule has 1 atom stereocenters. The van der Waals surface area contributed by atoms with Crippen molar-refractivity contribution in [3.63, 3.8) is 0 Å². The maximum absolute atomic E-state index is 14.0. The largest absolute Gasteiger partial charge is 0.369 e. The first-order chi connectivity index (χ1) is 14.4. The molecule has 1 aromatic carbocycles. The fourth-order valence-corrected chi connectivity index (χ4v) is 4.63. The average Bonchev–Trinajstić information content (AvgIpc) is 3.18. The van der Waals surface area contributed by atoms with Crippen LogP contribution in [0.2, 0.25) is 0 Å². The van der Waals surface area contributed by atoms with Gasteiger partial charge in [-0.2, -0.15) is 0 Å². The summed E-state index contributed by atoms with van der Waals surface area (Å²) in [4.78, 5) is 31.1. The van der Waals surface area contributed by atoms with Gasteiger partial charge in [-0.25, -0.2) is 4.39 Å². The standard InChI is InChI=1S/C23H30FN3O2S/c1-4-26-11-13-27(14-12-26)20-7-6-18(24)15-19(20)17(3)25-23(29)10-8-21(28)22-9-5-16(2)30-22/h5-7,9,15,17H,4,8,10-14H2,1-3H3,(H,25,29). The molecule has 162 valence electrons. The van der Waals surface area contributed by atoms with Gasteiger partial charge < -0.3 is 15.1 Å². The number of rotatable bonds is 8. The molecule has 2 aromatic rings. The molecule has 0 bridgehead atoms. The van der Waals surface area contributed by atoms with Crippen molar-refractivity contribution < 1.29 is 14.0 Å². The van der Waals surface area contributed by atoms with Crippen molar-refractivity contribution in [3.8, 4) is 0 Å². The highest BCUT2D eigenvalue weighted by atomic mass is 32.1. The van der Waals surface area contributed by atoms with Crippen LogP contribution in [-0.2, 0) is 4.79 Å². The molecule has 1 aliphatic rings. The van der Waals surface area contributed by atoms with Crippen molar-refractivity contribution in [2.24, 2.45) is 0 Å². The Morgan fingerprint density at radius 3 is 2.50 bits per heavy atom. The maximum Gasteiger partial charge on any atom is 0.220 e. The third-order valence-corrected chi connectivity index (χ3v) is 6.63. The lowest BCUT2D eigenvalue weighted by atomic mass is 10.0. The number of benzene rings is 1. The zero-order valence-corrected chi connectivity index (χ0v) is 18.7. The Morgan fingerprint density at radius 1 is 1.13 bits per heavy atom. The number of ketones is 1. The zero-order valence-electron chi connectivity index (χ0n) is 17.9. The Morgan fingerprint density at radius 2 is 1.87 bits per heavy atom. The number of thiophene rings is 1. The van der Waals surface area contributed by atoms with Crippen LogP contribution in [0.25, 0.3) is 0 Å². The molecule has 1 saturated heterocycles. The van der Waals surface area contributed by atoms with E-state index in [1.165, 1.54) is 23.5 Å². The number of hydrogen-bond acceptors (Lipinski definition) is 5. The number of carbonyl (C=O) groups excluding carboxylic acids is 2. The van der Waals surface area contributed by atoms with Crippen molar-refractivity contribution in [2.75, 3.05) is 37.6 Å². The van der Waals surface area contributed by atoms with Crippen LogP contribution in [0.4, 0.5) is 10.1 Å². The lowest BCUT2D eigenvalue weighted by molar-refractivity contribution is -0.121. The second-order valence-corrected chi connectivity index (χ2v) is 9.04. The molecular formula is C23H30FN3O2S. The van der Waals surface area contributed by atoms with E-state index in [1.54, 1.807) is 12.1 Å². The summed E-state index contributed by atoms with van der Waals surface area (Å²) in [7, 11) is 0. The SMILES string of the molecule is CCN1CCN(c2ccc(F)cc2C(C)NC(=O)CCC(=O)c2ccc(C)s2)CC1. The minimum absolute atomic E-state index is 0.0175. The highest BCUT2D eigenvalue weighted by Gasteiger charge is 2.22. The fraction of sp³-hybridized carbons (Fsp3) is 0.478. The normalized spacial score (nSPS) is 15.8. The van der Waals surface area contributed by atoms with Gasteiger partial charge in [0.05, 0.1) is 10.9 Å². The van der Waals surface area contributed by atoms with Gasteiger partial charge in [0.1, 0.15) is 5.82 Å². The van der Waals surface area contributed by atoms with Crippen LogP contribution in [0, 0.1) is 12.7 Å². The summed E-state index contributed by atoms with van der Waals surface area (Å²) in [6.07, 6.45) is 0.299. The number of carbonyl (C=O) groups is 2. The molecule has 0 aliphatic carbocycles. The van der Waals surface area contributed by atoms with Crippen LogP contribution < -0.4 is 10.2 Å².